The summed E-state index contributed by atoms with van der Waals surface area (Å²) in [7, 11) is 0. The van der Waals surface area contributed by atoms with Crippen LogP contribution in [-0.4, -0.2) is 0 Å². The Morgan fingerprint density at radius 2 is 1.24 bits per heavy atom. The van der Waals surface area contributed by atoms with Gasteiger partial charge in [0.15, 0.2) is 0 Å². The van der Waals surface area contributed by atoms with E-state index in [2.05, 4.69) is 19.1 Å². The lowest BCUT2D eigenvalue weighted by atomic mass is 10.2. The highest BCUT2D eigenvalue weighted by molar-refractivity contribution is 8.13. The number of hydrogen-bond donors (Lipinski definition) is 0. The maximum Gasteiger partial charge on any atom is 0.281 e. The van der Waals surface area contributed by atoms with E-state index in [1.807, 2.05) is 24.3 Å². The van der Waals surface area contributed by atoms with Gasteiger partial charge in [0.2, 0.25) is 0 Å². The van der Waals surface area contributed by atoms with Crippen LogP contribution in [-0.2, 0) is 4.57 Å². The molecule has 0 unspecified atom stereocenters. The number of rotatable bonds is 1. The molecule has 4 heteroatoms. The van der Waals surface area contributed by atoms with Crippen LogP contribution in [0.2, 0.25) is 0 Å². The standard InChI is InChI=1S/C7H8.C6H5Cl2OP/c1-7-5-3-2-4-6-7;7-10(8,9)6-4-2-1-3-5-6/h2-6H,1H3;1-5H. The molecule has 2 rings (SSSR count). The van der Waals surface area contributed by atoms with E-state index in [1.54, 1.807) is 24.3 Å². The van der Waals surface area contributed by atoms with Crippen molar-refractivity contribution in [3.63, 3.8) is 0 Å². The Hall–Kier alpha value is -0.750. The van der Waals surface area contributed by atoms with Crippen molar-refractivity contribution in [3.05, 3.63) is 66.2 Å². The molecule has 0 atom stereocenters. The Morgan fingerprint density at radius 1 is 0.824 bits per heavy atom. The molecule has 0 fully saturated rings. The van der Waals surface area contributed by atoms with E-state index >= 15 is 0 Å². The van der Waals surface area contributed by atoms with Crippen LogP contribution in [0.1, 0.15) is 5.56 Å². The summed E-state index contributed by atoms with van der Waals surface area (Å²) >= 11 is 10.8. The third kappa shape index (κ3) is 5.93. The summed E-state index contributed by atoms with van der Waals surface area (Å²) in [5, 5.41) is 0.485. The van der Waals surface area contributed by atoms with Crippen LogP contribution in [0, 0.1) is 6.92 Å². The molecule has 0 aliphatic carbocycles. The molecular formula is C13H13Cl2OP. The monoisotopic (exact) mass is 286 g/mol. The van der Waals surface area contributed by atoms with E-state index in [4.69, 9.17) is 22.5 Å². The van der Waals surface area contributed by atoms with Gasteiger partial charge in [0.25, 0.3) is 5.85 Å². The first-order valence-electron chi connectivity index (χ1n) is 5.07. The largest absolute Gasteiger partial charge is 0.284 e. The van der Waals surface area contributed by atoms with Crippen LogP contribution < -0.4 is 5.30 Å². The smallest absolute Gasteiger partial charge is 0.281 e. The van der Waals surface area contributed by atoms with Crippen LogP contribution in [0.25, 0.3) is 0 Å². The molecule has 1 nitrogen and oxygen atoms in total. The first-order valence-corrected chi connectivity index (χ1v) is 8.58. The summed E-state index contributed by atoms with van der Waals surface area (Å²) in [4.78, 5) is 0. The fraction of sp³-hybridized carbons (Fsp3) is 0.0769. The second kappa shape index (κ2) is 6.86. The summed E-state index contributed by atoms with van der Waals surface area (Å²) in [6, 6.07) is 18.8. The van der Waals surface area contributed by atoms with Crippen molar-refractivity contribution in [1.29, 1.82) is 0 Å². The molecule has 0 heterocycles. The summed E-state index contributed by atoms with van der Waals surface area (Å²) in [6.07, 6.45) is 0. The first-order chi connectivity index (χ1) is 8.00. The number of hydrogen-bond acceptors (Lipinski definition) is 1. The van der Waals surface area contributed by atoms with Crippen molar-refractivity contribution in [3.8, 4) is 0 Å². The lowest BCUT2D eigenvalue weighted by molar-refractivity contribution is 0.597. The van der Waals surface area contributed by atoms with E-state index in [9.17, 15) is 4.57 Å². The zero-order valence-electron chi connectivity index (χ0n) is 9.38. The van der Waals surface area contributed by atoms with Crippen LogP contribution >= 0.6 is 28.3 Å². The van der Waals surface area contributed by atoms with E-state index in [1.165, 1.54) is 5.56 Å². The van der Waals surface area contributed by atoms with Gasteiger partial charge < -0.3 is 0 Å². The number of benzene rings is 2. The molecule has 2 aromatic rings. The summed E-state index contributed by atoms with van der Waals surface area (Å²) in [5.41, 5.74) is 1.32. The van der Waals surface area contributed by atoms with Gasteiger partial charge in [-0.3, -0.25) is 4.57 Å². The summed E-state index contributed by atoms with van der Waals surface area (Å²) in [6.45, 7) is 2.08. The minimum Gasteiger partial charge on any atom is -0.284 e. The normalized spacial score (nSPS) is 10.3. The van der Waals surface area contributed by atoms with E-state index in [0.29, 0.717) is 5.30 Å². The van der Waals surface area contributed by atoms with Gasteiger partial charge in [0.05, 0.1) is 0 Å². The second-order valence-corrected chi connectivity index (χ2v) is 8.27. The molecule has 0 bridgehead atoms. The van der Waals surface area contributed by atoms with Gasteiger partial charge in [0.1, 0.15) is 0 Å². The van der Waals surface area contributed by atoms with Gasteiger partial charge in [-0.15, -0.1) is 0 Å². The van der Waals surface area contributed by atoms with Crippen LogP contribution in [0.3, 0.4) is 0 Å². The molecule has 0 saturated carbocycles. The second-order valence-electron chi connectivity index (χ2n) is 3.45. The Balaban J connectivity index is 0.000000181. The first kappa shape index (κ1) is 14.3. The highest BCUT2D eigenvalue weighted by atomic mass is 35.9. The quantitative estimate of drug-likeness (QED) is 0.676. The van der Waals surface area contributed by atoms with Gasteiger partial charge in [-0.25, -0.2) is 0 Å². The van der Waals surface area contributed by atoms with Crippen molar-refractivity contribution in [1.82, 2.24) is 0 Å². The maximum atomic E-state index is 10.9. The molecule has 0 radical (unpaired) electrons. The van der Waals surface area contributed by atoms with Gasteiger partial charge >= 0.3 is 0 Å². The SMILES string of the molecule is Cc1ccccc1.O=P(Cl)(Cl)c1ccccc1. The topological polar surface area (TPSA) is 17.1 Å². The zero-order valence-corrected chi connectivity index (χ0v) is 11.8. The van der Waals surface area contributed by atoms with E-state index in [-0.39, 0.29) is 0 Å². The summed E-state index contributed by atoms with van der Waals surface area (Å²) in [5.74, 6) is -3.07. The Kier molecular flexibility index (Phi) is 5.77. The van der Waals surface area contributed by atoms with Gasteiger partial charge in [-0.05, 0) is 41.5 Å². The molecular weight excluding hydrogens is 274 g/mol. The minimum absolute atomic E-state index is 0.485. The van der Waals surface area contributed by atoms with Crippen molar-refractivity contribution in [2.45, 2.75) is 6.92 Å². The highest BCUT2D eigenvalue weighted by Gasteiger charge is 2.15. The molecule has 90 valence electrons. The molecule has 0 amide bonds. The van der Waals surface area contributed by atoms with E-state index in [0.717, 1.165) is 0 Å². The molecule has 17 heavy (non-hydrogen) atoms. The van der Waals surface area contributed by atoms with Gasteiger partial charge in [-0.2, -0.15) is 0 Å². The fourth-order valence-electron chi connectivity index (χ4n) is 1.14. The molecule has 0 aliphatic rings. The molecule has 2 aromatic carbocycles. The third-order valence-electron chi connectivity index (χ3n) is 2.00. The lowest BCUT2D eigenvalue weighted by Crippen LogP contribution is -1.93. The Morgan fingerprint density at radius 3 is 1.47 bits per heavy atom. The predicted molar refractivity (Wildman–Crippen MR) is 76.6 cm³/mol. The van der Waals surface area contributed by atoms with Crippen molar-refractivity contribution >= 4 is 33.6 Å². The van der Waals surface area contributed by atoms with E-state index < -0.39 is 5.85 Å². The lowest BCUT2D eigenvalue weighted by Gasteiger charge is -1.98. The van der Waals surface area contributed by atoms with Gasteiger partial charge in [-0.1, -0.05) is 54.1 Å². The van der Waals surface area contributed by atoms with Crippen LogP contribution in [0.15, 0.2) is 60.7 Å². The summed E-state index contributed by atoms with van der Waals surface area (Å²) < 4.78 is 10.9. The van der Waals surface area contributed by atoms with Gasteiger partial charge in [0, 0.05) is 5.30 Å². The molecule has 0 saturated heterocycles. The number of halogens is 2. The Bertz CT molecular complexity index is 479. The molecule has 0 N–H and O–H groups in total. The van der Waals surface area contributed by atoms with Crippen LogP contribution in [0.4, 0.5) is 0 Å². The average Bonchev–Trinajstić information content (AvgIpc) is 2.31. The van der Waals surface area contributed by atoms with Crippen molar-refractivity contribution < 1.29 is 4.57 Å². The van der Waals surface area contributed by atoms with Crippen molar-refractivity contribution in [2.75, 3.05) is 0 Å². The molecule has 0 spiro atoms. The Labute approximate surface area is 111 Å². The maximum absolute atomic E-state index is 10.9. The average molecular weight is 287 g/mol. The van der Waals surface area contributed by atoms with Crippen molar-refractivity contribution in [2.24, 2.45) is 0 Å². The molecule has 0 aliphatic heterocycles. The predicted octanol–water partition coefficient (Wildman–Crippen LogP) is 4.98. The minimum atomic E-state index is -3.07. The highest BCUT2D eigenvalue weighted by Crippen LogP contribution is 2.54. The fourth-order valence-corrected chi connectivity index (χ4v) is 2.33. The zero-order chi connectivity index (χ0) is 12.7. The third-order valence-corrected chi connectivity index (χ3v) is 4.07. The number of aryl methyl sites for hydroxylation is 1. The van der Waals surface area contributed by atoms with Crippen LogP contribution in [0.5, 0.6) is 0 Å². The molecule has 0 aromatic heterocycles.